The molecule has 1 aromatic heterocycles. The van der Waals surface area contributed by atoms with Crippen LogP contribution in [-0.4, -0.2) is 29.2 Å². The topological polar surface area (TPSA) is 71.5 Å². The average Bonchev–Trinajstić information content (AvgIpc) is 2.90. The molecule has 1 aromatic carbocycles. The van der Waals surface area contributed by atoms with Crippen LogP contribution in [0.1, 0.15) is 37.6 Å². The molecule has 0 aliphatic rings. The highest BCUT2D eigenvalue weighted by Gasteiger charge is 2.19. The van der Waals surface area contributed by atoms with E-state index in [9.17, 15) is 4.79 Å². The lowest BCUT2D eigenvalue weighted by Crippen LogP contribution is -2.17. The number of aromatic nitrogens is 1. The number of nitrogens with zero attached hydrogens (tertiary/aromatic N) is 1. The Balaban J connectivity index is 1.89. The van der Waals surface area contributed by atoms with Gasteiger partial charge in [0.1, 0.15) is 12.4 Å². The number of hydrogen-bond acceptors (Lipinski definition) is 5. The number of carboxylic acid groups (broad SMARTS) is 1. The number of carboxylic acids is 1. The van der Waals surface area contributed by atoms with Crippen LogP contribution in [0.5, 0.6) is 5.75 Å². The second-order valence-electron chi connectivity index (χ2n) is 6.74. The largest absolute Gasteiger partial charge is 0.491 e. The van der Waals surface area contributed by atoms with Gasteiger partial charge in [-0.3, -0.25) is 4.79 Å². The van der Waals surface area contributed by atoms with E-state index in [-0.39, 0.29) is 11.8 Å². The second kappa shape index (κ2) is 7.66. The molecule has 1 heterocycles. The van der Waals surface area contributed by atoms with Gasteiger partial charge >= 0.3 is 5.97 Å². The van der Waals surface area contributed by atoms with Crippen LogP contribution in [-0.2, 0) is 16.6 Å². The van der Waals surface area contributed by atoms with Gasteiger partial charge in [0.25, 0.3) is 0 Å². The molecule has 130 valence electrons. The molecular formula is C18H24N2O3S. The third kappa shape index (κ3) is 5.23. The van der Waals surface area contributed by atoms with Crippen LogP contribution < -0.4 is 10.1 Å². The highest BCUT2D eigenvalue weighted by Crippen LogP contribution is 2.32. The van der Waals surface area contributed by atoms with Crippen LogP contribution in [0.3, 0.4) is 0 Å². The molecule has 6 heteroatoms. The maximum atomic E-state index is 10.7. The number of carbonyl (C=O) groups is 1. The Kier molecular flexibility index (Phi) is 5.83. The fraction of sp³-hybridized carbons (Fsp3) is 0.444. The van der Waals surface area contributed by atoms with Crippen molar-refractivity contribution >= 4 is 22.4 Å². The number of ether oxygens (including phenoxy) is 1. The van der Waals surface area contributed by atoms with Crippen LogP contribution >= 0.6 is 11.3 Å². The highest BCUT2D eigenvalue weighted by atomic mass is 32.1. The number of anilines is 1. The number of thiazole rings is 1. The van der Waals surface area contributed by atoms with Gasteiger partial charge in [-0.15, -0.1) is 11.3 Å². The molecule has 0 amide bonds. The third-order valence-corrected chi connectivity index (χ3v) is 4.31. The van der Waals surface area contributed by atoms with Crippen molar-refractivity contribution < 1.29 is 14.6 Å². The molecular weight excluding hydrogens is 324 g/mol. The van der Waals surface area contributed by atoms with Gasteiger partial charge in [0, 0.05) is 5.38 Å². The minimum atomic E-state index is -0.871. The Hall–Kier alpha value is -2.08. The van der Waals surface area contributed by atoms with Crippen molar-refractivity contribution in [3.8, 4) is 5.75 Å². The van der Waals surface area contributed by atoms with Crippen LogP contribution in [0.25, 0.3) is 0 Å². The van der Waals surface area contributed by atoms with Gasteiger partial charge in [-0.25, -0.2) is 4.98 Å². The molecule has 0 atom stereocenters. The standard InChI is InChI=1S/C18H24N2O3S/c1-12-5-6-15(14(9-12)18(2,3)4)23-8-7-19-17-20-13(11-24-17)10-16(21)22/h5-6,9,11H,7-8,10H2,1-4H3,(H,19,20)(H,21,22). The molecule has 5 nitrogen and oxygen atoms in total. The summed E-state index contributed by atoms with van der Waals surface area (Å²) in [7, 11) is 0. The molecule has 2 aromatic rings. The van der Waals surface area contributed by atoms with E-state index >= 15 is 0 Å². The second-order valence-corrected chi connectivity index (χ2v) is 7.60. The maximum absolute atomic E-state index is 10.7. The van der Waals surface area contributed by atoms with Crippen molar-refractivity contribution in [2.75, 3.05) is 18.5 Å². The minimum absolute atomic E-state index is 0.0236. The molecule has 2 N–H and O–H groups in total. The van der Waals surface area contributed by atoms with Crippen molar-refractivity contribution in [3.05, 3.63) is 40.4 Å². The molecule has 2 rings (SSSR count). The van der Waals surface area contributed by atoms with E-state index in [1.165, 1.54) is 22.5 Å². The number of benzene rings is 1. The molecule has 0 radical (unpaired) electrons. The Bertz CT molecular complexity index is 705. The Morgan fingerprint density at radius 1 is 1.38 bits per heavy atom. The van der Waals surface area contributed by atoms with E-state index in [1.54, 1.807) is 5.38 Å². The maximum Gasteiger partial charge on any atom is 0.309 e. The lowest BCUT2D eigenvalue weighted by atomic mass is 9.85. The Morgan fingerprint density at radius 2 is 2.12 bits per heavy atom. The number of rotatable bonds is 7. The van der Waals surface area contributed by atoms with Gasteiger partial charge in [0.2, 0.25) is 0 Å². The monoisotopic (exact) mass is 348 g/mol. The van der Waals surface area contributed by atoms with Gasteiger partial charge in [-0.05, 0) is 24.0 Å². The number of nitrogens with one attached hydrogen (secondary N) is 1. The first-order valence-electron chi connectivity index (χ1n) is 7.89. The van der Waals surface area contributed by atoms with E-state index in [0.29, 0.717) is 18.8 Å². The first kappa shape index (κ1) is 18.3. The zero-order valence-electron chi connectivity index (χ0n) is 14.5. The molecule has 0 saturated carbocycles. The van der Waals surface area contributed by atoms with E-state index in [0.717, 1.165) is 10.9 Å². The highest BCUT2D eigenvalue weighted by molar-refractivity contribution is 7.13. The van der Waals surface area contributed by atoms with Gasteiger partial charge in [0.05, 0.1) is 18.7 Å². The predicted molar refractivity (Wildman–Crippen MR) is 97.3 cm³/mol. The van der Waals surface area contributed by atoms with Crippen molar-refractivity contribution in [1.29, 1.82) is 0 Å². The molecule has 0 aliphatic heterocycles. The van der Waals surface area contributed by atoms with Crippen molar-refractivity contribution in [1.82, 2.24) is 4.98 Å². The van der Waals surface area contributed by atoms with E-state index in [2.05, 4.69) is 50.1 Å². The average molecular weight is 348 g/mol. The number of aryl methyl sites for hydroxylation is 1. The summed E-state index contributed by atoms with van der Waals surface area (Å²) in [6.45, 7) is 9.72. The van der Waals surface area contributed by atoms with Crippen LogP contribution in [0.2, 0.25) is 0 Å². The number of aliphatic carboxylic acids is 1. The first-order valence-corrected chi connectivity index (χ1v) is 8.77. The molecule has 24 heavy (non-hydrogen) atoms. The van der Waals surface area contributed by atoms with E-state index < -0.39 is 5.97 Å². The molecule has 0 spiro atoms. The SMILES string of the molecule is Cc1ccc(OCCNc2nc(CC(=O)O)cs2)c(C(C)(C)C)c1. The van der Waals surface area contributed by atoms with Gasteiger partial charge in [-0.1, -0.05) is 38.5 Å². The molecule has 0 unspecified atom stereocenters. The number of hydrogen-bond donors (Lipinski definition) is 2. The van der Waals surface area contributed by atoms with Crippen molar-refractivity contribution in [2.24, 2.45) is 0 Å². The predicted octanol–water partition coefficient (Wildman–Crippen LogP) is 3.87. The van der Waals surface area contributed by atoms with Crippen molar-refractivity contribution in [3.63, 3.8) is 0 Å². The van der Waals surface area contributed by atoms with Gasteiger partial charge < -0.3 is 15.2 Å². The lowest BCUT2D eigenvalue weighted by Gasteiger charge is -2.23. The van der Waals surface area contributed by atoms with Crippen LogP contribution in [0.4, 0.5) is 5.13 Å². The minimum Gasteiger partial charge on any atom is -0.491 e. The molecule has 0 saturated heterocycles. The van der Waals surface area contributed by atoms with Crippen molar-refractivity contribution in [2.45, 2.75) is 39.5 Å². The lowest BCUT2D eigenvalue weighted by molar-refractivity contribution is -0.136. The first-order chi connectivity index (χ1) is 11.3. The normalized spacial score (nSPS) is 11.3. The summed E-state index contributed by atoms with van der Waals surface area (Å²) in [4.78, 5) is 14.9. The quantitative estimate of drug-likeness (QED) is 0.743. The van der Waals surface area contributed by atoms with Gasteiger partial charge in [-0.2, -0.15) is 0 Å². The summed E-state index contributed by atoms with van der Waals surface area (Å²) in [5, 5.41) is 14.4. The van der Waals surface area contributed by atoms with E-state index in [1.807, 2.05) is 6.07 Å². The summed E-state index contributed by atoms with van der Waals surface area (Å²) in [6, 6.07) is 6.24. The van der Waals surface area contributed by atoms with Gasteiger partial charge in [0.15, 0.2) is 5.13 Å². The van der Waals surface area contributed by atoms with E-state index in [4.69, 9.17) is 9.84 Å². The summed E-state index contributed by atoms with van der Waals surface area (Å²) in [5.41, 5.74) is 3.01. The summed E-state index contributed by atoms with van der Waals surface area (Å²) >= 11 is 1.41. The summed E-state index contributed by atoms with van der Waals surface area (Å²) in [5.74, 6) is 0.0323. The van der Waals surface area contributed by atoms with Crippen LogP contribution in [0.15, 0.2) is 23.6 Å². The molecule has 0 fully saturated rings. The smallest absolute Gasteiger partial charge is 0.309 e. The zero-order valence-corrected chi connectivity index (χ0v) is 15.4. The Morgan fingerprint density at radius 3 is 2.79 bits per heavy atom. The Labute approximate surface area is 146 Å². The fourth-order valence-electron chi connectivity index (χ4n) is 2.30. The third-order valence-electron chi connectivity index (χ3n) is 3.46. The fourth-order valence-corrected chi connectivity index (χ4v) is 3.04. The zero-order chi connectivity index (χ0) is 17.7. The molecule has 0 bridgehead atoms. The summed E-state index contributed by atoms with van der Waals surface area (Å²) in [6.07, 6.45) is -0.0486. The van der Waals surface area contributed by atoms with Crippen LogP contribution in [0, 0.1) is 6.92 Å². The molecule has 0 aliphatic carbocycles. The summed E-state index contributed by atoms with van der Waals surface area (Å²) < 4.78 is 5.93.